The highest BCUT2D eigenvalue weighted by molar-refractivity contribution is 5.85. The van der Waals surface area contributed by atoms with Gasteiger partial charge in [0.25, 0.3) is 0 Å². The summed E-state index contributed by atoms with van der Waals surface area (Å²) in [6.07, 6.45) is 0.939. The van der Waals surface area contributed by atoms with Crippen LogP contribution in [0.2, 0.25) is 0 Å². The van der Waals surface area contributed by atoms with E-state index in [0.29, 0.717) is 12.8 Å². The molecule has 2 saturated heterocycles. The van der Waals surface area contributed by atoms with Crippen LogP contribution >= 0.6 is 0 Å². The maximum Gasteiger partial charge on any atom is 0.228 e. The third kappa shape index (κ3) is 3.29. The van der Waals surface area contributed by atoms with Crippen molar-refractivity contribution in [3.63, 3.8) is 0 Å². The summed E-state index contributed by atoms with van der Waals surface area (Å²) in [6, 6.07) is 5.82. The molecule has 2 aliphatic heterocycles. The number of piperazine rings is 1. The highest BCUT2D eigenvalue weighted by Crippen LogP contribution is 2.37. The van der Waals surface area contributed by atoms with Crippen LogP contribution in [0, 0.1) is 11.7 Å². The lowest BCUT2D eigenvalue weighted by atomic mass is 9.83. The molecule has 6 heteroatoms. The molecule has 24 heavy (non-hydrogen) atoms. The van der Waals surface area contributed by atoms with E-state index in [1.54, 1.807) is 24.1 Å². The zero-order valence-electron chi connectivity index (χ0n) is 14.2. The van der Waals surface area contributed by atoms with E-state index < -0.39 is 0 Å². The minimum atomic E-state index is -0.320. The fourth-order valence-corrected chi connectivity index (χ4v) is 3.67. The summed E-state index contributed by atoms with van der Waals surface area (Å²) < 4.78 is 13.3. The predicted molar refractivity (Wildman–Crippen MR) is 88.7 cm³/mol. The average Bonchev–Trinajstić information content (AvgIpc) is 2.58. The molecule has 0 N–H and O–H groups in total. The smallest absolute Gasteiger partial charge is 0.228 e. The van der Waals surface area contributed by atoms with E-state index in [1.165, 1.54) is 12.1 Å². The second-order valence-electron chi connectivity index (χ2n) is 6.77. The normalized spacial score (nSPS) is 25.9. The average molecular weight is 333 g/mol. The minimum Gasteiger partial charge on any atom is -0.340 e. The molecule has 3 rings (SSSR count). The van der Waals surface area contributed by atoms with Crippen LogP contribution in [-0.2, 0) is 9.59 Å². The number of likely N-dealkylation sites (tertiary alicyclic amines) is 1. The second kappa shape index (κ2) is 6.89. The van der Waals surface area contributed by atoms with Crippen molar-refractivity contribution in [1.29, 1.82) is 0 Å². The van der Waals surface area contributed by atoms with Gasteiger partial charge < -0.3 is 14.7 Å². The molecule has 1 aromatic carbocycles. The van der Waals surface area contributed by atoms with Crippen molar-refractivity contribution in [1.82, 2.24) is 14.7 Å². The quantitative estimate of drug-likeness (QED) is 0.824. The number of benzene rings is 1. The molecule has 2 amide bonds. The van der Waals surface area contributed by atoms with E-state index in [2.05, 4.69) is 11.9 Å². The lowest BCUT2D eigenvalue weighted by Gasteiger charge is -2.42. The SMILES string of the molecule is CN1CCN(C(=O)C2CCC(=O)N(C)C2c2ccc(F)cc2)CC1. The van der Waals surface area contributed by atoms with Crippen LogP contribution in [0.1, 0.15) is 24.4 Å². The van der Waals surface area contributed by atoms with Crippen molar-refractivity contribution in [3.05, 3.63) is 35.6 Å². The van der Waals surface area contributed by atoms with Crippen LogP contribution in [0.4, 0.5) is 4.39 Å². The van der Waals surface area contributed by atoms with E-state index in [-0.39, 0.29) is 29.6 Å². The molecule has 2 fully saturated rings. The van der Waals surface area contributed by atoms with Gasteiger partial charge in [-0.15, -0.1) is 0 Å². The van der Waals surface area contributed by atoms with Crippen LogP contribution < -0.4 is 0 Å². The van der Waals surface area contributed by atoms with Crippen molar-refractivity contribution < 1.29 is 14.0 Å². The molecule has 2 aliphatic rings. The molecule has 2 atom stereocenters. The van der Waals surface area contributed by atoms with Crippen LogP contribution in [0.5, 0.6) is 0 Å². The summed E-state index contributed by atoms with van der Waals surface area (Å²) in [5.41, 5.74) is 0.819. The molecule has 0 aromatic heterocycles. The number of hydrogen-bond acceptors (Lipinski definition) is 3. The Bertz CT molecular complexity index is 611. The Morgan fingerprint density at radius 1 is 1.08 bits per heavy atom. The number of halogens is 1. The van der Waals surface area contributed by atoms with E-state index in [9.17, 15) is 14.0 Å². The standard InChI is InChI=1S/C18H24FN3O2/c1-20-9-11-22(12-10-20)18(24)15-7-8-16(23)21(2)17(15)13-3-5-14(19)6-4-13/h3-6,15,17H,7-12H2,1-2H3. The van der Waals surface area contributed by atoms with E-state index in [0.717, 1.165) is 31.7 Å². The Kier molecular flexibility index (Phi) is 4.85. The van der Waals surface area contributed by atoms with Crippen molar-refractivity contribution in [3.8, 4) is 0 Å². The summed E-state index contributed by atoms with van der Waals surface area (Å²) in [6.45, 7) is 3.18. The molecule has 1 aromatic rings. The molecule has 2 heterocycles. The summed E-state index contributed by atoms with van der Waals surface area (Å²) in [7, 11) is 3.79. The number of carbonyl (C=O) groups is 2. The van der Waals surface area contributed by atoms with E-state index in [4.69, 9.17) is 0 Å². The molecule has 0 aliphatic carbocycles. The minimum absolute atomic E-state index is 0.0340. The van der Waals surface area contributed by atoms with Crippen molar-refractivity contribution >= 4 is 11.8 Å². The van der Waals surface area contributed by atoms with Crippen LogP contribution in [0.15, 0.2) is 24.3 Å². The number of rotatable bonds is 2. The predicted octanol–water partition coefficient (Wildman–Crippen LogP) is 1.51. The van der Waals surface area contributed by atoms with Gasteiger partial charge in [-0.3, -0.25) is 9.59 Å². The van der Waals surface area contributed by atoms with Gasteiger partial charge in [-0.25, -0.2) is 4.39 Å². The number of amides is 2. The van der Waals surface area contributed by atoms with Gasteiger partial charge in [0, 0.05) is 39.6 Å². The zero-order valence-corrected chi connectivity index (χ0v) is 14.2. The molecule has 2 unspecified atom stereocenters. The topological polar surface area (TPSA) is 43.9 Å². The van der Waals surface area contributed by atoms with Gasteiger partial charge in [-0.1, -0.05) is 12.1 Å². The first kappa shape index (κ1) is 16.9. The lowest BCUT2D eigenvalue weighted by Crippen LogP contribution is -2.52. The molecular formula is C18H24FN3O2. The van der Waals surface area contributed by atoms with E-state index >= 15 is 0 Å². The maximum absolute atomic E-state index is 13.3. The van der Waals surface area contributed by atoms with Gasteiger partial charge >= 0.3 is 0 Å². The van der Waals surface area contributed by atoms with Crippen molar-refractivity contribution in [2.24, 2.45) is 5.92 Å². The van der Waals surface area contributed by atoms with Crippen molar-refractivity contribution in [2.45, 2.75) is 18.9 Å². The van der Waals surface area contributed by atoms with E-state index in [1.807, 2.05) is 4.90 Å². The Morgan fingerprint density at radius 2 is 1.71 bits per heavy atom. The fraction of sp³-hybridized carbons (Fsp3) is 0.556. The van der Waals surface area contributed by atoms with Gasteiger partial charge in [0.15, 0.2) is 0 Å². The molecule has 0 radical (unpaired) electrons. The Morgan fingerprint density at radius 3 is 2.33 bits per heavy atom. The van der Waals surface area contributed by atoms with Gasteiger partial charge in [0.05, 0.1) is 12.0 Å². The summed E-state index contributed by atoms with van der Waals surface area (Å²) in [5.74, 6) is -0.435. The van der Waals surface area contributed by atoms with Crippen LogP contribution in [0.25, 0.3) is 0 Å². The maximum atomic E-state index is 13.3. The Hall–Kier alpha value is -1.95. The molecular weight excluding hydrogens is 309 g/mol. The molecule has 130 valence electrons. The lowest BCUT2D eigenvalue weighted by molar-refractivity contribution is -0.147. The Balaban J connectivity index is 1.84. The second-order valence-corrected chi connectivity index (χ2v) is 6.77. The van der Waals surface area contributed by atoms with Crippen LogP contribution in [0.3, 0.4) is 0 Å². The fourth-order valence-electron chi connectivity index (χ4n) is 3.67. The van der Waals surface area contributed by atoms with Gasteiger partial charge in [0.2, 0.25) is 11.8 Å². The number of piperidine rings is 1. The number of nitrogens with zero attached hydrogens (tertiary/aromatic N) is 3. The summed E-state index contributed by atoms with van der Waals surface area (Å²) >= 11 is 0. The molecule has 0 bridgehead atoms. The monoisotopic (exact) mass is 333 g/mol. The molecule has 0 saturated carbocycles. The van der Waals surface area contributed by atoms with Crippen LogP contribution in [-0.4, -0.2) is 66.8 Å². The summed E-state index contributed by atoms with van der Waals surface area (Å²) in [5, 5.41) is 0. The zero-order chi connectivity index (χ0) is 17.3. The highest BCUT2D eigenvalue weighted by atomic mass is 19.1. The van der Waals surface area contributed by atoms with Gasteiger partial charge in [0.1, 0.15) is 5.82 Å². The first-order valence-corrected chi connectivity index (χ1v) is 8.46. The highest BCUT2D eigenvalue weighted by Gasteiger charge is 2.40. The van der Waals surface area contributed by atoms with Crippen molar-refractivity contribution in [2.75, 3.05) is 40.3 Å². The third-order valence-electron chi connectivity index (χ3n) is 5.20. The number of likely N-dealkylation sites (N-methyl/N-ethyl adjacent to an activating group) is 1. The summed E-state index contributed by atoms with van der Waals surface area (Å²) in [4.78, 5) is 31.0. The molecule has 5 nitrogen and oxygen atoms in total. The van der Waals surface area contributed by atoms with Gasteiger partial charge in [-0.2, -0.15) is 0 Å². The third-order valence-corrected chi connectivity index (χ3v) is 5.20. The first-order valence-electron chi connectivity index (χ1n) is 8.46. The first-order chi connectivity index (χ1) is 11.5. The largest absolute Gasteiger partial charge is 0.340 e. The number of carbonyl (C=O) groups excluding carboxylic acids is 2. The molecule has 0 spiro atoms. The Labute approximate surface area is 142 Å². The number of hydrogen-bond donors (Lipinski definition) is 0. The van der Waals surface area contributed by atoms with Gasteiger partial charge in [-0.05, 0) is 31.2 Å².